The van der Waals surface area contributed by atoms with Gasteiger partial charge in [0.05, 0.1) is 24.4 Å². The summed E-state index contributed by atoms with van der Waals surface area (Å²) < 4.78 is 19.1. The van der Waals surface area contributed by atoms with E-state index in [0.717, 1.165) is 0 Å². The fourth-order valence-electron chi connectivity index (χ4n) is 3.36. The van der Waals surface area contributed by atoms with Crippen LogP contribution < -0.4 is 10.1 Å². The molecular weight excluding hydrogens is 361 g/mol. The van der Waals surface area contributed by atoms with E-state index in [1.54, 1.807) is 57.4 Å². The second kappa shape index (κ2) is 7.72. The number of carbonyl (C=O) groups excluding carboxylic acids is 2. The first-order valence-corrected chi connectivity index (χ1v) is 8.76. The van der Waals surface area contributed by atoms with E-state index in [9.17, 15) is 14.0 Å². The molecule has 0 saturated carbocycles. The van der Waals surface area contributed by atoms with Crippen molar-refractivity contribution in [3.05, 3.63) is 71.2 Å². The Morgan fingerprint density at radius 2 is 1.86 bits per heavy atom. The van der Waals surface area contributed by atoms with Crippen LogP contribution in [0, 0.1) is 5.82 Å². The maximum absolute atomic E-state index is 13.8. The summed E-state index contributed by atoms with van der Waals surface area (Å²) in [7, 11) is 4.72. The number of nitrogens with one attached hydrogen (secondary N) is 1. The fraction of sp³-hybridized carbons (Fsp3) is 0.238. The molecule has 0 fully saturated rings. The van der Waals surface area contributed by atoms with Crippen molar-refractivity contribution in [2.75, 3.05) is 26.5 Å². The Morgan fingerprint density at radius 1 is 1.14 bits per heavy atom. The molecule has 1 atom stereocenters. The number of likely N-dealkylation sites (N-methyl/N-ethyl adjacent to an activating group) is 1. The smallest absolute Gasteiger partial charge is 0.324 e. The standard InChI is InChI=1S/C21H22FN3O3/c1-13-18(20(26)23-16-10-5-6-11-17(16)28-4)19(25(3)21(27)24(13)2)14-8-7-9-15(22)12-14/h5-12,19H,1-4H3,(H,23,26)/t19-/m0/s1. The van der Waals surface area contributed by atoms with Crippen molar-refractivity contribution in [2.24, 2.45) is 0 Å². The lowest BCUT2D eigenvalue weighted by Gasteiger charge is -2.39. The molecule has 28 heavy (non-hydrogen) atoms. The largest absolute Gasteiger partial charge is 0.495 e. The molecule has 2 aromatic rings. The molecule has 3 amide bonds. The summed E-state index contributed by atoms with van der Waals surface area (Å²) in [5.74, 6) is -0.299. The van der Waals surface area contributed by atoms with E-state index in [-0.39, 0.29) is 11.9 Å². The molecule has 0 saturated heterocycles. The van der Waals surface area contributed by atoms with E-state index in [2.05, 4.69) is 5.32 Å². The van der Waals surface area contributed by atoms with E-state index in [4.69, 9.17) is 4.74 Å². The van der Waals surface area contributed by atoms with Gasteiger partial charge in [0.2, 0.25) is 0 Å². The van der Waals surface area contributed by atoms with Gasteiger partial charge in [0, 0.05) is 19.8 Å². The van der Waals surface area contributed by atoms with E-state index in [1.807, 2.05) is 0 Å². The molecule has 0 spiro atoms. The SMILES string of the molecule is COc1ccccc1NC(=O)C1=C(C)N(C)C(=O)N(C)[C@H]1c1cccc(F)c1. The normalized spacial score (nSPS) is 17.0. The molecule has 146 valence electrons. The zero-order valence-corrected chi connectivity index (χ0v) is 16.2. The predicted octanol–water partition coefficient (Wildman–Crippen LogP) is 3.79. The van der Waals surface area contributed by atoms with Gasteiger partial charge >= 0.3 is 6.03 Å². The lowest BCUT2D eigenvalue weighted by molar-refractivity contribution is -0.113. The van der Waals surface area contributed by atoms with Crippen molar-refractivity contribution in [3.8, 4) is 5.75 Å². The van der Waals surface area contributed by atoms with Crippen LogP contribution in [0.5, 0.6) is 5.75 Å². The van der Waals surface area contributed by atoms with Crippen LogP contribution in [0.25, 0.3) is 0 Å². The van der Waals surface area contributed by atoms with Gasteiger partial charge in [-0.05, 0) is 36.8 Å². The summed E-state index contributed by atoms with van der Waals surface area (Å²) in [6.45, 7) is 1.70. The molecule has 1 N–H and O–H groups in total. The summed E-state index contributed by atoms with van der Waals surface area (Å²) in [5.41, 5.74) is 1.90. The first-order chi connectivity index (χ1) is 13.3. The number of hydrogen-bond donors (Lipinski definition) is 1. The third kappa shape index (κ3) is 3.43. The monoisotopic (exact) mass is 383 g/mol. The molecule has 2 aromatic carbocycles. The molecule has 0 bridgehead atoms. The van der Waals surface area contributed by atoms with Crippen molar-refractivity contribution in [1.29, 1.82) is 0 Å². The number of nitrogens with zero attached hydrogens (tertiary/aromatic N) is 2. The third-order valence-corrected chi connectivity index (χ3v) is 4.91. The second-order valence-corrected chi connectivity index (χ2v) is 6.56. The van der Waals surface area contributed by atoms with Gasteiger partial charge in [-0.2, -0.15) is 0 Å². The number of urea groups is 1. The van der Waals surface area contributed by atoms with E-state index >= 15 is 0 Å². The average molecular weight is 383 g/mol. The van der Waals surface area contributed by atoms with Gasteiger partial charge in [0.25, 0.3) is 5.91 Å². The van der Waals surface area contributed by atoms with Gasteiger partial charge in [0.1, 0.15) is 11.6 Å². The number of halogens is 1. The first kappa shape index (κ1) is 19.4. The summed E-state index contributed by atoms with van der Waals surface area (Å²) in [6, 6.07) is 12.0. The number of anilines is 1. The minimum Gasteiger partial charge on any atom is -0.495 e. The number of ether oxygens (including phenoxy) is 1. The fourth-order valence-corrected chi connectivity index (χ4v) is 3.36. The quantitative estimate of drug-likeness (QED) is 0.874. The summed E-state index contributed by atoms with van der Waals surface area (Å²) >= 11 is 0. The van der Waals surface area contributed by atoms with Gasteiger partial charge in [-0.3, -0.25) is 4.79 Å². The van der Waals surface area contributed by atoms with Crippen LogP contribution in [0.4, 0.5) is 14.9 Å². The van der Waals surface area contributed by atoms with E-state index < -0.39 is 11.9 Å². The van der Waals surface area contributed by atoms with Gasteiger partial charge in [-0.25, -0.2) is 9.18 Å². The van der Waals surface area contributed by atoms with Crippen LogP contribution >= 0.6 is 0 Å². The Bertz CT molecular complexity index is 957. The number of allylic oxidation sites excluding steroid dienone is 1. The molecular formula is C21H22FN3O3. The van der Waals surface area contributed by atoms with Crippen molar-refractivity contribution in [2.45, 2.75) is 13.0 Å². The lowest BCUT2D eigenvalue weighted by atomic mass is 9.93. The number of methoxy groups -OCH3 is 1. The topological polar surface area (TPSA) is 61.9 Å². The average Bonchev–Trinajstić information content (AvgIpc) is 2.69. The number of amides is 3. The maximum Gasteiger partial charge on any atom is 0.324 e. The van der Waals surface area contributed by atoms with Crippen LogP contribution in [0.2, 0.25) is 0 Å². The Hall–Kier alpha value is -3.35. The Balaban J connectivity index is 2.07. The molecule has 0 aromatic heterocycles. The van der Waals surface area contributed by atoms with Crippen LogP contribution in [-0.4, -0.2) is 42.9 Å². The first-order valence-electron chi connectivity index (χ1n) is 8.76. The van der Waals surface area contributed by atoms with Crippen molar-refractivity contribution in [3.63, 3.8) is 0 Å². The van der Waals surface area contributed by atoms with Gasteiger partial charge in [-0.15, -0.1) is 0 Å². The number of rotatable bonds is 4. The summed E-state index contributed by atoms with van der Waals surface area (Å²) in [4.78, 5) is 28.7. The van der Waals surface area contributed by atoms with E-state index in [1.165, 1.54) is 29.0 Å². The molecule has 3 rings (SSSR count). The minimum atomic E-state index is -0.714. The minimum absolute atomic E-state index is 0.277. The Morgan fingerprint density at radius 3 is 2.54 bits per heavy atom. The molecule has 7 heteroatoms. The number of para-hydroxylation sites is 2. The highest BCUT2D eigenvalue weighted by molar-refractivity contribution is 6.07. The Kier molecular flexibility index (Phi) is 5.35. The highest BCUT2D eigenvalue weighted by Crippen LogP contribution is 2.37. The van der Waals surface area contributed by atoms with Gasteiger partial charge < -0.3 is 19.9 Å². The predicted molar refractivity (Wildman–Crippen MR) is 104 cm³/mol. The third-order valence-electron chi connectivity index (χ3n) is 4.91. The van der Waals surface area contributed by atoms with Gasteiger partial charge in [0.15, 0.2) is 0 Å². The van der Waals surface area contributed by atoms with Crippen molar-refractivity contribution in [1.82, 2.24) is 9.80 Å². The second-order valence-electron chi connectivity index (χ2n) is 6.56. The van der Waals surface area contributed by atoms with Gasteiger partial charge in [-0.1, -0.05) is 24.3 Å². The Labute approximate surface area is 163 Å². The van der Waals surface area contributed by atoms with Crippen molar-refractivity contribution < 1.29 is 18.7 Å². The number of carbonyl (C=O) groups is 2. The van der Waals surface area contributed by atoms with Crippen LogP contribution in [0.15, 0.2) is 59.8 Å². The van der Waals surface area contributed by atoms with Crippen LogP contribution in [0.1, 0.15) is 18.5 Å². The zero-order valence-electron chi connectivity index (χ0n) is 16.2. The number of hydrogen-bond acceptors (Lipinski definition) is 3. The van der Waals surface area contributed by atoms with Crippen molar-refractivity contribution >= 4 is 17.6 Å². The molecule has 0 aliphatic carbocycles. The van der Waals surface area contributed by atoms with Crippen LogP contribution in [-0.2, 0) is 4.79 Å². The molecule has 0 radical (unpaired) electrons. The maximum atomic E-state index is 13.8. The zero-order chi connectivity index (χ0) is 20.4. The molecule has 1 aliphatic heterocycles. The van der Waals surface area contributed by atoms with Crippen LogP contribution in [0.3, 0.4) is 0 Å². The lowest BCUT2D eigenvalue weighted by Crippen LogP contribution is -2.47. The van der Waals surface area contributed by atoms with E-state index in [0.29, 0.717) is 28.3 Å². The molecule has 1 heterocycles. The number of benzene rings is 2. The summed E-state index contributed by atoms with van der Waals surface area (Å²) in [5, 5.41) is 2.85. The highest BCUT2D eigenvalue weighted by atomic mass is 19.1. The highest BCUT2D eigenvalue weighted by Gasteiger charge is 2.38. The molecule has 0 unspecified atom stereocenters. The molecule has 1 aliphatic rings. The molecule has 6 nitrogen and oxygen atoms in total. The summed E-state index contributed by atoms with van der Waals surface area (Å²) in [6.07, 6.45) is 0.